The predicted molar refractivity (Wildman–Crippen MR) is 58.4 cm³/mol. The minimum absolute atomic E-state index is 0.376. The molecular weight excluding hydrogens is 212 g/mol. The number of rotatable bonds is 1. The number of nitrogens with zero attached hydrogens (tertiary/aromatic N) is 4. The second-order valence-corrected chi connectivity index (χ2v) is 3.77. The van der Waals surface area contributed by atoms with Crippen molar-refractivity contribution in [1.29, 1.82) is 0 Å². The van der Waals surface area contributed by atoms with Gasteiger partial charge in [-0.3, -0.25) is 0 Å². The van der Waals surface area contributed by atoms with E-state index in [-0.39, 0.29) is 0 Å². The second kappa shape index (κ2) is 3.62. The van der Waals surface area contributed by atoms with Crippen LogP contribution in [-0.2, 0) is 0 Å². The normalized spacial score (nSPS) is 10.7. The van der Waals surface area contributed by atoms with Gasteiger partial charge < -0.3 is 0 Å². The van der Waals surface area contributed by atoms with Gasteiger partial charge in [0.25, 0.3) is 0 Å². The van der Waals surface area contributed by atoms with E-state index >= 15 is 0 Å². The highest BCUT2D eigenvalue weighted by molar-refractivity contribution is 6.30. The maximum Gasteiger partial charge on any atom is 0.191 e. The van der Waals surface area contributed by atoms with E-state index < -0.39 is 0 Å². The van der Waals surface area contributed by atoms with Crippen molar-refractivity contribution in [2.45, 2.75) is 20.8 Å². The lowest BCUT2D eigenvalue weighted by Crippen LogP contribution is -2.04. The van der Waals surface area contributed by atoms with E-state index in [4.69, 9.17) is 11.6 Å². The Morgan fingerprint density at radius 1 is 1.13 bits per heavy atom. The largest absolute Gasteiger partial charge is 0.236 e. The van der Waals surface area contributed by atoms with Crippen LogP contribution >= 0.6 is 11.6 Å². The predicted octanol–water partition coefficient (Wildman–Crippen LogP) is 2.24. The van der Waals surface area contributed by atoms with E-state index in [1.165, 1.54) is 0 Å². The van der Waals surface area contributed by atoms with Gasteiger partial charge in [-0.1, -0.05) is 11.6 Å². The van der Waals surface area contributed by atoms with Crippen LogP contribution in [0.15, 0.2) is 12.3 Å². The van der Waals surface area contributed by atoms with Crippen molar-refractivity contribution in [3.05, 3.63) is 34.5 Å². The van der Waals surface area contributed by atoms with E-state index in [9.17, 15) is 0 Å². The van der Waals surface area contributed by atoms with Gasteiger partial charge in [-0.05, 0) is 26.8 Å². The van der Waals surface area contributed by atoms with Crippen molar-refractivity contribution in [2.24, 2.45) is 0 Å². The van der Waals surface area contributed by atoms with Crippen LogP contribution < -0.4 is 0 Å². The summed E-state index contributed by atoms with van der Waals surface area (Å²) in [5.74, 6) is 0.577. The van der Waals surface area contributed by atoms with Crippen LogP contribution in [0.5, 0.6) is 0 Å². The fraction of sp³-hybridized carbons (Fsp3) is 0.300. The molecule has 4 nitrogen and oxygen atoms in total. The minimum Gasteiger partial charge on any atom is -0.236 e. The highest BCUT2D eigenvalue weighted by Crippen LogP contribution is 2.17. The Labute approximate surface area is 92.9 Å². The molecule has 0 aliphatic carbocycles. The van der Waals surface area contributed by atoms with Crippen LogP contribution in [0, 0.1) is 20.8 Å². The summed E-state index contributed by atoms with van der Waals surface area (Å²) in [6.45, 7) is 5.70. The van der Waals surface area contributed by atoms with Crippen molar-refractivity contribution in [1.82, 2.24) is 19.7 Å². The van der Waals surface area contributed by atoms with Gasteiger partial charge in [0.05, 0.1) is 17.1 Å². The van der Waals surface area contributed by atoms with Gasteiger partial charge in [-0.25, -0.2) is 14.6 Å². The van der Waals surface area contributed by atoms with Gasteiger partial charge in [0, 0.05) is 6.20 Å². The lowest BCUT2D eigenvalue weighted by molar-refractivity contribution is 0.813. The zero-order valence-corrected chi connectivity index (χ0v) is 9.58. The number of aryl methyl sites for hydroxylation is 3. The molecule has 0 saturated carbocycles. The van der Waals surface area contributed by atoms with E-state index in [2.05, 4.69) is 15.1 Å². The Balaban J connectivity index is 2.58. The maximum absolute atomic E-state index is 6.01. The van der Waals surface area contributed by atoms with Gasteiger partial charge >= 0.3 is 0 Å². The van der Waals surface area contributed by atoms with E-state index in [1.807, 2.05) is 33.0 Å². The van der Waals surface area contributed by atoms with Crippen molar-refractivity contribution in [3.63, 3.8) is 0 Å². The first-order valence-electron chi connectivity index (χ1n) is 4.61. The zero-order chi connectivity index (χ0) is 11.0. The fourth-order valence-electron chi connectivity index (χ4n) is 1.24. The minimum atomic E-state index is 0.376. The highest BCUT2D eigenvalue weighted by Gasteiger charge is 2.09. The lowest BCUT2D eigenvalue weighted by atomic mass is 10.3. The Bertz CT molecular complexity index is 504. The Morgan fingerprint density at radius 3 is 2.40 bits per heavy atom. The molecule has 0 saturated heterocycles. The fourth-order valence-corrected chi connectivity index (χ4v) is 1.50. The number of halogens is 1. The molecule has 5 heteroatoms. The summed E-state index contributed by atoms with van der Waals surface area (Å²) in [6.07, 6.45) is 1.82. The Hall–Kier alpha value is -1.42. The zero-order valence-electron chi connectivity index (χ0n) is 8.82. The average molecular weight is 223 g/mol. The first kappa shape index (κ1) is 10.1. The van der Waals surface area contributed by atoms with Crippen LogP contribution in [0.2, 0.25) is 5.15 Å². The summed E-state index contributed by atoms with van der Waals surface area (Å²) in [7, 11) is 0. The molecule has 15 heavy (non-hydrogen) atoms. The molecule has 0 amide bonds. The van der Waals surface area contributed by atoms with Crippen LogP contribution in [-0.4, -0.2) is 19.7 Å². The Morgan fingerprint density at radius 2 is 1.80 bits per heavy atom. The standard InChI is InChI=1S/C10H11ClN4/c1-6-4-5-15(14-6)10-9(11)12-7(2)8(3)13-10/h4-5H,1-3H3. The van der Waals surface area contributed by atoms with Crippen LogP contribution in [0.25, 0.3) is 5.82 Å². The third-order valence-electron chi connectivity index (χ3n) is 2.19. The first-order valence-corrected chi connectivity index (χ1v) is 4.99. The summed E-state index contributed by atoms with van der Waals surface area (Å²) in [5.41, 5.74) is 2.63. The smallest absolute Gasteiger partial charge is 0.191 e. The first-order chi connectivity index (χ1) is 7.08. The molecule has 78 valence electrons. The summed E-state index contributed by atoms with van der Waals surface area (Å²) in [5, 5.41) is 4.62. The molecule has 0 fully saturated rings. The molecular formula is C10H11ClN4. The van der Waals surface area contributed by atoms with E-state index in [0.29, 0.717) is 11.0 Å². The highest BCUT2D eigenvalue weighted by atomic mass is 35.5. The SMILES string of the molecule is Cc1ccn(-c2nc(C)c(C)nc2Cl)n1. The van der Waals surface area contributed by atoms with Crippen molar-refractivity contribution in [3.8, 4) is 5.82 Å². The monoisotopic (exact) mass is 222 g/mol. The molecule has 2 rings (SSSR count). The molecule has 0 radical (unpaired) electrons. The third-order valence-corrected chi connectivity index (χ3v) is 2.44. The van der Waals surface area contributed by atoms with Crippen molar-refractivity contribution in [2.75, 3.05) is 0 Å². The maximum atomic E-state index is 6.01. The lowest BCUT2D eigenvalue weighted by Gasteiger charge is -2.05. The quantitative estimate of drug-likeness (QED) is 0.743. The molecule has 0 aliphatic heterocycles. The summed E-state index contributed by atoms with van der Waals surface area (Å²) >= 11 is 6.01. The number of hydrogen-bond acceptors (Lipinski definition) is 3. The molecule has 0 N–H and O–H groups in total. The van der Waals surface area contributed by atoms with E-state index in [1.54, 1.807) is 4.68 Å². The third kappa shape index (κ3) is 1.85. The van der Waals surface area contributed by atoms with Crippen LogP contribution in [0.3, 0.4) is 0 Å². The molecule has 0 aromatic carbocycles. The molecule has 0 unspecified atom stereocenters. The van der Waals surface area contributed by atoms with Gasteiger partial charge in [-0.15, -0.1) is 0 Å². The Kier molecular flexibility index (Phi) is 2.44. The van der Waals surface area contributed by atoms with Crippen LogP contribution in [0.4, 0.5) is 0 Å². The summed E-state index contributed by atoms with van der Waals surface area (Å²) in [4.78, 5) is 8.56. The van der Waals surface area contributed by atoms with Gasteiger partial charge in [0.15, 0.2) is 11.0 Å². The average Bonchev–Trinajstić information content (AvgIpc) is 2.58. The van der Waals surface area contributed by atoms with Crippen molar-refractivity contribution >= 4 is 11.6 Å². The number of aromatic nitrogens is 4. The van der Waals surface area contributed by atoms with Gasteiger partial charge in [-0.2, -0.15) is 5.10 Å². The summed E-state index contributed by atoms with van der Waals surface area (Å²) < 4.78 is 1.64. The molecule has 0 spiro atoms. The van der Waals surface area contributed by atoms with Gasteiger partial charge in [0.1, 0.15) is 0 Å². The second-order valence-electron chi connectivity index (χ2n) is 3.41. The molecule has 2 heterocycles. The molecule has 0 atom stereocenters. The molecule has 0 aliphatic rings. The van der Waals surface area contributed by atoms with Crippen molar-refractivity contribution < 1.29 is 0 Å². The topological polar surface area (TPSA) is 43.6 Å². The van der Waals surface area contributed by atoms with E-state index in [0.717, 1.165) is 17.1 Å². The molecule has 0 bridgehead atoms. The van der Waals surface area contributed by atoms with Crippen LogP contribution in [0.1, 0.15) is 17.1 Å². The molecule has 2 aromatic heterocycles. The van der Waals surface area contributed by atoms with Gasteiger partial charge in [0.2, 0.25) is 0 Å². The molecule has 2 aromatic rings. The number of hydrogen-bond donors (Lipinski definition) is 0. The summed E-state index contributed by atoms with van der Waals surface area (Å²) in [6, 6.07) is 1.90.